The zero-order valence-corrected chi connectivity index (χ0v) is 7.92. The highest BCUT2D eigenvalue weighted by Crippen LogP contribution is 2.22. The highest BCUT2D eigenvalue weighted by molar-refractivity contribution is 7.80. The topological polar surface area (TPSA) is 9.23 Å². The van der Waals surface area contributed by atoms with Crippen LogP contribution in [-0.4, -0.2) is 7.11 Å². The lowest BCUT2D eigenvalue weighted by molar-refractivity contribution is 0.414. The fourth-order valence-electron chi connectivity index (χ4n) is 0.937. The third kappa shape index (κ3) is 2.05. The van der Waals surface area contributed by atoms with Crippen molar-refractivity contribution in [3.05, 3.63) is 42.5 Å². The van der Waals surface area contributed by atoms with Gasteiger partial charge in [-0.3, -0.25) is 0 Å². The van der Waals surface area contributed by atoms with Crippen molar-refractivity contribution < 1.29 is 4.74 Å². The van der Waals surface area contributed by atoms with E-state index in [1.54, 1.807) is 13.2 Å². The molecule has 0 radical (unpaired) electrons. The second-order valence-electron chi connectivity index (χ2n) is 2.45. The Morgan fingerprint density at radius 2 is 2.00 bits per heavy atom. The predicted octanol–water partition coefficient (Wildman–Crippen LogP) is 2.85. The van der Waals surface area contributed by atoms with Gasteiger partial charge in [0.2, 0.25) is 0 Å². The van der Waals surface area contributed by atoms with E-state index < -0.39 is 0 Å². The molecule has 12 heavy (non-hydrogen) atoms. The van der Waals surface area contributed by atoms with E-state index in [-0.39, 0.29) is 5.25 Å². The summed E-state index contributed by atoms with van der Waals surface area (Å²) in [5.74, 6) is 0.864. The Bertz CT molecular complexity index is 253. The normalized spacial score (nSPS) is 12.2. The molecule has 0 fully saturated rings. The Hall–Kier alpha value is -0.890. The summed E-state index contributed by atoms with van der Waals surface area (Å²) in [7, 11) is 1.65. The van der Waals surface area contributed by atoms with E-state index >= 15 is 0 Å². The van der Waals surface area contributed by atoms with Crippen LogP contribution in [0.1, 0.15) is 10.8 Å². The number of thiol groups is 1. The van der Waals surface area contributed by atoms with Gasteiger partial charge in [0.1, 0.15) is 5.75 Å². The Labute approximate surface area is 78.5 Å². The fourth-order valence-corrected chi connectivity index (χ4v) is 1.11. The molecule has 1 rings (SSSR count). The van der Waals surface area contributed by atoms with Crippen molar-refractivity contribution in [2.75, 3.05) is 7.11 Å². The van der Waals surface area contributed by atoms with Crippen molar-refractivity contribution in [3.63, 3.8) is 0 Å². The fraction of sp³-hybridized carbons (Fsp3) is 0.200. The maximum atomic E-state index is 5.03. The standard InChI is InChI=1S/C10H12OS/c1-3-10(12)8-4-6-9(11-2)7-5-8/h3-7,10,12H,1H2,2H3. The van der Waals surface area contributed by atoms with E-state index in [2.05, 4.69) is 19.2 Å². The van der Waals surface area contributed by atoms with Gasteiger partial charge < -0.3 is 4.74 Å². The van der Waals surface area contributed by atoms with Crippen molar-refractivity contribution in [1.82, 2.24) is 0 Å². The lowest BCUT2D eigenvalue weighted by Crippen LogP contribution is -1.86. The summed E-state index contributed by atoms with van der Waals surface area (Å²) in [5.41, 5.74) is 1.13. The molecular weight excluding hydrogens is 168 g/mol. The van der Waals surface area contributed by atoms with Gasteiger partial charge in [0.05, 0.1) is 7.11 Å². The molecular formula is C10H12OS. The van der Waals surface area contributed by atoms with Crippen LogP contribution < -0.4 is 4.74 Å². The van der Waals surface area contributed by atoms with Crippen molar-refractivity contribution in [3.8, 4) is 5.75 Å². The minimum atomic E-state index is 0.107. The van der Waals surface area contributed by atoms with Gasteiger partial charge in [0.25, 0.3) is 0 Å². The molecule has 1 atom stereocenters. The maximum Gasteiger partial charge on any atom is 0.118 e. The van der Waals surface area contributed by atoms with Crippen LogP contribution in [0.3, 0.4) is 0 Å². The van der Waals surface area contributed by atoms with E-state index in [0.717, 1.165) is 11.3 Å². The molecule has 2 heteroatoms. The van der Waals surface area contributed by atoms with Crippen LogP contribution in [0.2, 0.25) is 0 Å². The molecule has 0 aliphatic heterocycles. The van der Waals surface area contributed by atoms with Crippen LogP contribution in [0.25, 0.3) is 0 Å². The lowest BCUT2D eigenvalue weighted by Gasteiger charge is -2.05. The molecule has 0 N–H and O–H groups in total. The van der Waals surface area contributed by atoms with Crippen molar-refractivity contribution in [2.45, 2.75) is 5.25 Å². The third-order valence-corrected chi connectivity index (χ3v) is 2.19. The van der Waals surface area contributed by atoms with E-state index in [0.29, 0.717) is 0 Å². The summed E-state index contributed by atoms with van der Waals surface area (Å²) in [6.07, 6.45) is 1.80. The molecule has 1 aromatic rings. The number of hydrogen-bond donors (Lipinski definition) is 1. The first kappa shape index (κ1) is 9.20. The zero-order valence-electron chi connectivity index (χ0n) is 7.03. The summed E-state index contributed by atoms with van der Waals surface area (Å²) in [6, 6.07) is 7.81. The predicted molar refractivity (Wildman–Crippen MR) is 54.9 cm³/mol. The minimum Gasteiger partial charge on any atom is -0.497 e. The highest BCUT2D eigenvalue weighted by Gasteiger charge is 2.00. The molecule has 0 aromatic heterocycles. The molecule has 1 aromatic carbocycles. The molecule has 1 nitrogen and oxygen atoms in total. The summed E-state index contributed by atoms with van der Waals surface area (Å²) in [5, 5.41) is 0.107. The monoisotopic (exact) mass is 180 g/mol. The summed E-state index contributed by atoms with van der Waals surface area (Å²) in [6.45, 7) is 3.67. The minimum absolute atomic E-state index is 0.107. The van der Waals surface area contributed by atoms with Gasteiger partial charge in [-0.2, -0.15) is 12.6 Å². The first-order valence-corrected chi connectivity index (χ1v) is 4.24. The van der Waals surface area contributed by atoms with Crippen LogP contribution in [-0.2, 0) is 0 Å². The Kier molecular flexibility index (Phi) is 3.23. The molecule has 0 bridgehead atoms. The SMILES string of the molecule is C=CC(S)c1ccc(OC)cc1. The lowest BCUT2D eigenvalue weighted by atomic mass is 10.1. The maximum absolute atomic E-state index is 5.03. The molecule has 0 aliphatic carbocycles. The molecule has 0 amide bonds. The summed E-state index contributed by atoms with van der Waals surface area (Å²) in [4.78, 5) is 0. The molecule has 0 aliphatic rings. The summed E-state index contributed by atoms with van der Waals surface area (Å²) < 4.78 is 5.03. The quantitative estimate of drug-likeness (QED) is 0.556. The second-order valence-corrected chi connectivity index (χ2v) is 3.01. The van der Waals surface area contributed by atoms with Gasteiger partial charge in [-0.05, 0) is 17.7 Å². The van der Waals surface area contributed by atoms with Gasteiger partial charge in [-0.15, -0.1) is 6.58 Å². The van der Waals surface area contributed by atoms with Gasteiger partial charge in [-0.25, -0.2) is 0 Å². The Morgan fingerprint density at radius 1 is 1.42 bits per heavy atom. The molecule has 0 heterocycles. The van der Waals surface area contributed by atoms with Crippen molar-refractivity contribution in [1.29, 1.82) is 0 Å². The van der Waals surface area contributed by atoms with Crippen LogP contribution >= 0.6 is 12.6 Å². The summed E-state index contributed by atoms with van der Waals surface area (Å²) >= 11 is 4.32. The number of methoxy groups -OCH3 is 1. The first-order chi connectivity index (χ1) is 5.77. The highest BCUT2D eigenvalue weighted by atomic mass is 32.1. The van der Waals surface area contributed by atoms with Gasteiger partial charge in [-0.1, -0.05) is 18.2 Å². The molecule has 0 saturated carbocycles. The second kappa shape index (κ2) is 4.21. The van der Waals surface area contributed by atoms with Crippen LogP contribution in [0.4, 0.5) is 0 Å². The molecule has 1 unspecified atom stereocenters. The van der Waals surface area contributed by atoms with Crippen LogP contribution in [0.15, 0.2) is 36.9 Å². The zero-order chi connectivity index (χ0) is 8.97. The number of rotatable bonds is 3. The molecule has 0 spiro atoms. The number of benzene rings is 1. The van der Waals surface area contributed by atoms with E-state index in [1.807, 2.05) is 24.3 Å². The average Bonchev–Trinajstić information content (AvgIpc) is 2.17. The van der Waals surface area contributed by atoms with Crippen LogP contribution in [0.5, 0.6) is 5.75 Å². The Morgan fingerprint density at radius 3 is 2.42 bits per heavy atom. The number of ether oxygens (including phenoxy) is 1. The molecule has 64 valence electrons. The van der Waals surface area contributed by atoms with E-state index in [4.69, 9.17) is 4.74 Å². The van der Waals surface area contributed by atoms with Gasteiger partial charge >= 0.3 is 0 Å². The number of hydrogen-bond acceptors (Lipinski definition) is 2. The van der Waals surface area contributed by atoms with Crippen LogP contribution in [0, 0.1) is 0 Å². The smallest absolute Gasteiger partial charge is 0.118 e. The van der Waals surface area contributed by atoms with Gasteiger partial charge in [0.15, 0.2) is 0 Å². The van der Waals surface area contributed by atoms with E-state index in [1.165, 1.54) is 0 Å². The van der Waals surface area contributed by atoms with Gasteiger partial charge in [0, 0.05) is 5.25 Å². The van der Waals surface area contributed by atoms with Crippen molar-refractivity contribution in [2.24, 2.45) is 0 Å². The molecule has 0 saturated heterocycles. The van der Waals surface area contributed by atoms with E-state index in [9.17, 15) is 0 Å². The van der Waals surface area contributed by atoms with Crippen molar-refractivity contribution >= 4 is 12.6 Å². The first-order valence-electron chi connectivity index (χ1n) is 3.72. The largest absolute Gasteiger partial charge is 0.497 e. The average molecular weight is 180 g/mol. The Balaban J connectivity index is 2.84. The third-order valence-electron chi connectivity index (χ3n) is 1.68.